The second kappa shape index (κ2) is 30.0. The Balaban J connectivity index is 2.07. The highest BCUT2D eigenvalue weighted by atomic mass is 16.5. The lowest BCUT2D eigenvalue weighted by atomic mass is 10.2. The van der Waals surface area contributed by atoms with Crippen LogP contribution in [0, 0.1) is 0 Å². The van der Waals surface area contributed by atoms with E-state index in [0.29, 0.717) is 150 Å². The van der Waals surface area contributed by atoms with Crippen LogP contribution in [-0.2, 0) is 38.2 Å². The molecule has 21 heteroatoms. The molecule has 0 radical (unpaired) electrons. The van der Waals surface area contributed by atoms with Crippen molar-refractivity contribution in [2.24, 2.45) is 0 Å². The zero-order chi connectivity index (χ0) is 41.8. The largest absolute Gasteiger partial charge is 0.480 e. The third-order valence-electron chi connectivity index (χ3n) is 10.3. The molecule has 0 aromatic rings. The van der Waals surface area contributed by atoms with Gasteiger partial charge in [0.15, 0.2) is 0 Å². The van der Waals surface area contributed by atoms with Crippen LogP contribution in [0.5, 0.6) is 0 Å². The molecule has 2 aliphatic rings. The number of rotatable bonds is 23. The number of aliphatic hydroxyl groups excluding tert-OH is 2. The number of aliphatic hydroxyl groups is 2. The molecule has 2 saturated heterocycles. The van der Waals surface area contributed by atoms with Crippen LogP contribution in [0.4, 0.5) is 0 Å². The molecule has 2 unspecified atom stereocenters. The average Bonchev–Trinajstić information content (AvgIpc) is 3.17. The van der Waals surface area contributed by atoms with Gasteiger partial charge in [0.05, 0.1) is 25.3 Å². The second-order valence-electron chi connectivity index (χ2n) is 14.6. The Hall–Kier alpha value is -3.09. The molecule has 4 N–H and O–H groups in total. The summed E-state index contributed by atoms with van der Waals surface area (Å²) in [5.74, 6) is -1.84. The molecule has 0 bridgehead atoms. The molecule has 2 atom stereocenters. The van der Waals surface area contributed by atoms with Crippen molar-refractivity contribution in [1.29, 1.82) is 0 Å². The first-order valence-corrected chi connectivity index (χ1v) is 19.9. The van der Waals surface area contributed by atoms with Crippen molar-refractivity contribution in [3.05, 3.63) is 0 Å². The summed E-state index contributed by atoms with van der Waals surface area (Å²) in [7, 11) is 0. The highest BCUT2D eigenvalue weighted by Crippen LogP contribution is 2.07. The quantitative estimate of drug-likeness (QED) is 0.0571. The molecule has 2 heterocycles. The summed E-state index contributed by atoms with van der Waals surface area (Å²) in [5.41, 5.74) is 0. The number of hydrogen-bond acceptors (Lipinski definition) is 19. The van der Waals surface area contributed by atoms with Crippen LogP contribution in [0.1, 0.15) is 13.8 Å². The molecule has 2 fully saturated rings. The van der Waals surface area contributed by atoms with Gasteiger partial charge in [0, 0.05) is 131 Å². The van der Waals surface area contributed by atoms with Crippen LogP contribution < -0.4 is 0 Å². The molecule has 2 aliphatic heterocycles. The maximum Gasteiger partial charge on any atom is 0.317 e. The number of nitrogens with zero attached hydrogens (tertiary/aromatic N) is 9. The van der Waals surface area contributed by atoms with Gasteiger partial charge >= 0.3 is 11.9 Å². The fourth-order valence-corrected chi connectivity index (χ4v) is 6.97. The van der Waals surface area contributed by atoms with E-state index < -0.39 is 24.1 Å². The smallest absolute Gasteiger partial charge is 0.317 e. The lowest BCUT2D eigenvalue weighted by Crippen LogP contribution is -2.50. The number of ether oxygens (including phenoxy) is 3. The second-order valence-corrected chi connectivity index (χ2v) is 14.6. The maximum absolute atomic E-state index is 11.7. The minimum atomic E-state index is -0.956. The van der Waals surface area contributed by atoms with Crippen molar-refractivity contribution in [1.82, 2.24) is 44.1 Å². The Morgan fingerprint density at radius 3 is 1.05 bits per heavy atom. The highest BCUT2D eigenvalue weighted by molar-refractivity contribution is 5.69. The number of hydrogen-bond donors (Lipinski definition) is 4. The summed E-state index contributed by atoms with van der Waals surface area (Å²) < 4.78 is 15.1. The monoisotopic (exact) mass is 820 g/mol. The van der Waals surface area contributed by atoms with Gasteiger partial charge in [-0.25, -0.2) is 0 Å². The standard InChI is InChI=1S/C36H69N9O12/c1-3-37-5-7-39(11-15-43(27-55-30-46)17-13-41(8-6-37)25-35(51)52)23-33(49)21-38(4-2)22-34(50)24-40-9-10-42(26-36(53)54)14-18-45(29-57-32-48)20-19-44(16-12-40)28-56-31-47/h30-34,49-50H,3-29H2,1-2H3,(H,51,52)(H,53,54). The predicted octanol–water partition coefficient (Wildman–Crippen LogP) is -3.95. The Kier molecular flexibility index (Phi) is 26.4. The molecule has 330 valence electrons. The minimum absolute atomic E-state index is 0.0519. The molecule has 0 spiro atoms. The molecule has 0 saturated carbocycles. The van der Waals surface area contributed by atoms with Gasteiger partial charge in [-0.1, -0.05) is 13.8 Å². The van der Waals surface area contributed by atoms with Gasteiger partial charge < -0.3 is 39.5 Å². The third kappa shape index (κ3) is 23.2. The van der Waals surface area contributed by atoms with Gasteiger partial charge in [0.25, 0.3) is 19.4 Å². The number of carbonyl (C=O) groups is 5. The van der Waals surface area contributed by atoms with Gasteiger partial charge in [-0.3, -0.25) is 63.2 Å². The SMILES string of the molecule is CCN1CCN(CC(=O)O)CCN(COC=O)CCN(CC(O)CN(CC)CC(O)CN2CCN(COC=O)CCN(COC=O)CCN(CC(=O)O)CC2)CC1. The van der Waals surface area contributed by atoms with E-state index in [4.69, 9.17) is 14.2 Å². The number of likely N-dealkylation sites (N-methyl/N-ethyl adjacent to an activating group) is 2. The molecule has 21 nitrogen and oxygen atoms in total. The van der Waals surface area contributed by atoms with Crippen molar-refractivity contribution < 1.29 is 58.6 Å². The summed E-state index contributed by atoms with van der Waals surface area (Å²) in [6.45, 7) is 16.5. The first-order valence-electron chi connectivity index (χ1n) is 19.9. The molecule has 0 aromatic heterocycles. The van der Waals surface area contributed by atoms with Crippen LogP contribution >= 0.6 is 0 Å². The van der Waals surface area contributed by atoms with E-state index in [0.717, 1.165) is 13.1 Å². The normalized spacial score (nSPS) is 20.9. The topological polar surface area (TPSA) is 223 Å². The van der Waals surface area contributed by atoms with Crippen LogP contribution in [0.15, 0.2) is 0 Å². The van der Waals surface area contributed by atoms with E-state index in [9.17, 15) is 44.4 Å². The number of β-amino-alcohol motifs (C(OH)–C–C–N with tert-alkyl or cyclic N) is 2. The summed E-state index contributed by atoms with van der Waals surface area (Å²) in [6, 6.07) is 0. The molecule has 0 aromatic carbocycles. The number of carbonyl (C=O) groups excluding carboxylic acids is 3. The van der Waals surface area contributed by atoms with Crippen molar-refractivity contribution in [2.75, 3.05) is 177 Å². The lowest BCUT2D eigenvalue weighted by molar-refractivity contribution is -0.139. The lowest BCUT2D eigenvalue weighted by Gasteiger charge is -2.35. The molecule has 57 heavy (non-hydrogen) atoms. The Morgan fingerprint density at radius 2 is 0.789 bits per heavy atom. The van der Waals surface area contributed by atoms with Crippen LogP contribution in [0.3, 0.4) is 0 Å². The van der Waals surface area contributed by atoms with Gasteiger partial charge in [0.2, 0.25) is 0 Å². The van der Waals surface area contributed by atoms with E-state index >= 15 is 0 Å². The Labute approximate surface area is 337 Å². The van der Waals surface area contributed by atoms with Crippen molar-refractivity contribution in [3.8, 4) is 0 Å². The van der Waals surface area contributed by atoms with Gasteiger partial charge in [-0.05, 0) is 13.1 Å². The molecular weight excluding hydrogens is 750 g/mol. The van der Waals surface area contributed by atoms with Gasteiger partial charge in [-0.2, -0.15) is 0 Å². The first-order chi connectivity index (χ1) is 27.5. The molecule has 0 amide bonds. The van der Waals surface area contributed by atoms with Crippen molar-refractivity contribution in [3.63, 3.8) is 0 Å². The molecule has 0 aliphatic carbocycles. The van der Waals surface area contributed by atoms with E-state index in [1.54, 1.807) is 0 Å². The molecular formula is C36H69N9O12. The number of carboxylic acid groups (broad SMARTS) is 2. The van der Waals surface area contributed by atoms with Crippen LogP contribution in [-0.4, -0.2) is 285 Å². The van der Waals surface area contributed by atoms with Crippen molar-refractivity contribution >= 4 is 31.4 Å². The Bertz CT molecular complexity index is 1130. The molecule has 2 rings (SSSR count). The van der Waals surface area contributed by atoms with E-state index in [1.165, 1.54) is 0 Å². The van der Waals surface area contributed by atoms with E-state index in [-0.39, 0.29) is 33.3 Å². The van der Waals surface area contributed by atoms with Gasteiger partial charge in [-0.15, -0.1) is 0 Å². The Morgan fingerprint density at radius 1 is 0.509 bits per heavy atom. The average molecular weight is 820 g/mol. The number of carboxylic acids is 2. The van der Waals surface area contributed by atoms with Crippen LogP contribution in [0.25, 0.3) is 0 Å². The maximum atomic E-state index is 11.7. The first kappa shape index (κ1) is 50.1. The summed E-state index contributed by atoms with van der Waals surface area (Å²) in [4.78, 5) is 74.1. The highest BCUT2D eigenvalue weighted by Gasteiger charge is 2.24. The number of aliphatic carboxylic acids is 2. The van der Waals surface area contributed by atoms with Crippen molar-refractivity contribution in [2.45, 2.75) is 26.1 Å². The zero-order valence-electron chi connectivity index (χ0n) is 34.1. The van der Waals surface area contributed by atoms with E-state index in [2.05, 4.69) is 21.6 Å². The zero-order valence-corrected chi connectivity index (χ0v) is 34.1. The fourth-order valence-electron chi connectivity index (χ4n) is 6.97. The predicted molar refractivity (Wildman–Crippen MR) is 208 cm³/mol. The minimum Gasteiger partial charge on any atom is -0.480 e. The van der Waals surface area contributed by atoms with Gasteiger partial charge in [0.1, 0.15) is 20.2 Å². The summed E-state index contributed by atoms with van der Waals surface area (Å²) in [5, 5.41) is 41.7. The third-order valence-corrected chi connectivity index (χ3v) is 10.3. The summed E-state index contributed by atoms with van der Waals surface area (Å²) in [6.07, 6.45) is -1.50. The fraction of sp³-hybridized carbons (Fsp3) is 0.861. The van der Waals surface area contributed by atoms with Crippen LogP contribution in [0.2, 0.25) is 0 Å². The summed E-state index contributed by atoms with van der Waals surface area (Å²) >= 11 is 0. The van der Waals surface area contributed by atoms with E-state index in [1.807, 2.05) is 36.3 Å².